The Kier molecular flexibility index (Phi) is 7.28. The highest BCUT2D eigenvalue weighted by molar-refractivity contribution is 7.92. The van der Waals surface area contributed by atoms with Gasteiger partial charge in [-0.05, 0) is 79.4 Å². The highest BCUT2D eigenvalue weighted by Gasteiger charge is 2.20. The predicted molar refractivity (Wildman–Crippen MR) is 129 cm³/mol. The van der Waals surface area contributed by atoms with Crippen molar-refractivity contribution in [1.29, 1.82) is 0 Å². The van der Waals surface area contributed by atoms with Crippen molar-refractivity contribution in [3.05, 3.63) is 82.4 Å². The van der Waals surface area contributed by atoms with Gasteiger partial charge in [-0.3, -0.25) is 9.52 Å². The summed E-state index contributed by atoms with van der Waals surface area (Å²) in [6, 6.07) is 15.5. The second-order valence-corrected chi connectivity index (χ2v) is 9.49. The Morgan fingerprint density at radius 3 is 2.15 bits per heavy atom. The van der Waals surface area contributed by atoms with E-state index < -0.39 is 10.0 Å². The van der Waals surface area contributed by atoms with E-state index in [1.807, 2.05) is 26.0 Å². The summed E-state index contributed by atoms with van der Waals surface area (Å²) in [5.74, 6) is 0.773. The smallest absolute Gasteiger partial charge is 0.262 e. The van der Waals surface area contributed by atoms with Crippen molar-refractivity contribution >= 4 is 21.6 Å². The van der Waals surface area contributed by atoms with Gasteiger partial charge in [-0.1, -0.05) is 18.2 Å². The van der Waals surface area contributed by atoms with Gasteiger partial charge in [0.1, 0.15) is 0 Å². The molecule has 0 atom stereocenters. The fourth-order valence-corrected chi connectivity index (χ4v) is 4.86. The van der Waals surface area contributed by atoms with Gasteiger partial charge in [0.05, 0.1) is 19.1 Å². The SMILES string of the molecule is COc1ccc(CNC(=O)c2ccc(C)c(S(=O)(=O)Nc3cc(C)cc(C)c3)c2)cc1OC. The predicted octanol–water partition coefficient (Wildman–Crippen LogP) is 4.36. The van der Waals surface area contributed by atoms with Crippen molar-refractivity contribution in [3.63, 3.8) is 0 Å². The van der Waals surface area contributed by atoms with Crippen molar-refractivity contribution in [2.75, 3.05) is 18.9 Å². The lowest BCUT2D eigenvalue weighted by Gasteiger charge is -2.14. The van der Waals surface area contributed by atoms with E-state index in [9.17, 15) is 13.2 Å². The minimum Gasteiger partial charge on any atom is -0.493 e. The van der Waals surface area contributed by atoms with Gasteiger partial charge >= 0.3 is 0 Å². The maximum Gasteiger partial charge on any atom is 0.262 e. The molecule has 0 fully saturated rings. The first kappa shape index (κ1) is 24.1. The normalized spacial score (nSPS) is 11.1. The Labute approximate surface area is 194 Å². The van der Waals surface area contributed by atoms with Crippen LogP contribution >= 0.6 is 0 Å². The number of sulfonamides is 1. The molecule has 174 valence electrons. The summed E-state index contributed by atoms with van der Waals surface area (Å²) in [5, 5.41) is 2.82. The van der Waals surface area contributed by atoms with E-state index in [1.165, 1.54) is 6.07 Å². The van der Waals surface area contributed by atoms with E-state index in [2.05, 4.69) is 10.0 Å². The summed E-state index contributed by atoms with van der Waals surface area (Å²) in [6.07, 6.45) is 0. The molecule has 0 spiro atoms. The summed E-state index contributed by atoms with van der Waals surface area (Å²) in [6.45, 7) is 5.75. The van der Waals surface area contributed by atoms with Crippen LogP contribution in [0.5, 0.6) is 11.5 Å². The third-order valence-corrected chi connectivity index (χ3v) is 6.64. The third kappa shape index (κ3) is 5.84. The van der Waals surface area contributed by atoms with Crippen LogP contribution in [0.15, 0.2) is 59.5 Å². The molecule has 8 heteroatoms. The van der Waals surface area contributed by atoms with Crippen LogP contribution < -0.4 is 19.5 Å². The van der Waals surface area contributed by atoms with Crippen LogP contribution in [0, 0.1) is 20.8 Å². The highest BCUT2D eigenvalue weighted by Crippen LogP contribution is 2.27. The number of nitrogens with one attached hydrogen (secondary N) is 2. The molecule has 0 unspecified atom stereocenters. The molecule has 33 heavy (non-hydrogen) atoms. The van der Waals surface area contributed by atoms with Crippen LogP contribution in [0.4, 0.5) is 5.69 Å². The Hall–Kier alpha value is -3.52. The van der Waals surface area contributed by atoms with E-state index in [0.29, 0.717) is 22.7 Å². The fraction of sp³-hybridized carbons (Fsp3) is 0.240. The largest absolute Gasteiger partial charge is 0.493 e. The molecule has 3 aromatic rings. The maximum atomic E-state index is 13.1. The second-order valence-electron chi connectivity index (χ2n) is 7.83. The molecular weight excluding hydrogens is 440 g/mol. The van der Waals surface area contributed by atoms with E-state index in [4.69, 9.17) is 9.47 Å². The zero-order valence-corrected chi connectivity index (χ0v) is 20.2. The Bertz CT molecular complexity index is 1270. The molecule has 3 aromatic carbocycles. The molecule has 0 heterocycles. The molecule has 0 aliphatic rings. The molecule has 0 aliphatic heterocycles. The molecule has 0 aromatic heterocycles. The number of hydrogen-bond donors (Lipinski definition) is 2. The topological polar surface area (TPSA) is 93.7 Å². The first-order chi connectivity index (χ1) is 15.6. The fourth-order valence-electron chi connectivity index (χ4n) is 3.55. The van der Waals surface area contributed by atoms with E-state index in [1.54, 1.807) is 57.5 Å². The van der Waals surface area contributed by atoms with E-state index in [-0.39, 0.29) is 22.9 Å². The Balaban J connectivity index is 1.79. The lowest BCUT2D eigenvalue weighted by Crippen LogP contribution is -2.23. The number of ether oxygens (including phenoxy) is 2. The number of anilines is 1. The monoisotopic (exact) mass is 468 g/mol. The highest BCUT2D eigenvalue weighted by atomic mass is 32.2. The number of carbonyl (C=O) groups is 1. The third-order valence-electron chi connectivity index (χ3n) is 5.11. The molecule has 3 rings (SSSR count). The minimum absolute atomic E-state index is 0.0559. The number of carbonyl (C=O) groups excluding carboxylic acids is 1. The molecule has 2 N–H and O–H groups in total. The molecule has 0 radical (unpaired) electrons. The first-order valence-electron chi connectivity index (χ1n) is 10.3. The van der Waals surface area contributed by atoms with Crippen LogP contribution in [0.3, 0.4) is 0 Å². The maximum absolute atomic E-state index is 13.1. The standard InChI is InChI=1S/C25H28N2O5S/c1-16-10-17(2)12-21(11-16)27-33(29,30)24-14-20(8-6-18(24)3)25(28)26-15-19-7-9-22(31-4)23(13-19)32-5/h6-14,27H,15H2,1-5H3,(H,26,28). The van der Waals surface area contributed by atoms with Gasteiger partial charge in [0.2, 0.25) is 0 Å². The van der Waals surface area contributed by atoms with Crippen LogP contribution in [-0.4, -0.2) is 28.5 Å². The molecule has 0 saturated carbocycles. The molecular formula is C25H28N2O5S. The molecule has 0 aliphatic carbocycles. The summed E-state index contributed by atoms with van der Waals surface area (Å²) in [4.78, 5) is 12.8. The number of hydrogen-bond acceptors (Lipinski definition) is 5. The van der Waals surface area contributed by atoms with Crippen molar-refractivity contribution in [1.82, 2.24) is 5.32 Å². The Morgan fingerprint density at radius 2 is 1.52 bits per heavy atom. The average molecular weight is 469 g/mol. The van der Waals surface area contributed by atoms with Crippen LogP contribution in [0.25, 0.3) is 0 Å². The number of rotatable bonds is 8. The molecule has 1 amide bonds. The number of methoxy groups -OCH3 is 2. The summed E-state index contributed by atoms with van der Waals surface area (Å²) < 4.78 is 39.3. The van der Waals surface area contributed by atoms with Crippen LogP contribution in [0.1, 0.15) is 32.6 Å². The summed E-state index contributed by atoms with van der Waals surface area (Å²) in [7, 11) is -0.783. The van der Waals surface area contributed by atoms with Gasteiger partial charge in [-0.15, -0.1) is 0 Å². The summed E-state index contributed by atoms with van der Waals surface area (Å²) in [5.41, 5.74) is 4.00. The lowest BCUT2D eigenvalue weighted by molar-refractivity contribution is 0.0950. The van der Waals surface area contributed by atoms with Gasteiger partial charge in [-0.25, -0.2) is 8.42 Å². The van der Waals surface area contributed by atoms with E-state index >= 15 is 0 Å². The zero-order chi connectivity index (χ0) is 24.2. The average Bonchev–Trinajstić information content (AvgIpc) is 2.76. The number of amides is 1. The van der Waals surface area contributed by atoms with Crippen LogP contribution in [-0.2, 0) is 16.6 Å². The number of benzene rings is 3. The minimum atomic E-state index is -3.88. The molecule has 7 nitrogen and oxygen atoms in total. The summed E-state index contributed by atoms with van der Waals surface area (Å²) >= 11 is 0. The van der Waals surface area contributed by atoms with Crippen molar-refractivity contribution in [3.8, 4) is 11.5 Å². The van der Waals surface area contributed by atoms with Gasteiger partial charge < -0.3 is 14.8 Å². The van der Waals surface area contributed by atoms with Crippen molar-refractivity contribution in [2.24, 2.45) is 0 Å². The van der Waals surface area contributed by atoms with E-state index in [0.717, 1.165) is 16.7 Å². The lowest BCUT2D eigenvalue weighted by atomic mass is 10.1. The number of aryl methyl sites for hydroxylation is 3. The molecule has 0 bridgehead atoms. The van der Waals surface area contributed by atoms with Crippen molar-refractivity contribution in [2.45, 2.75) is 32.2 Å². The van der Waals surface area contributed by atoms with Gasteiger partial charge in [0, 0.05) is 17.8 Å². The van der Waals surface area contributed by atoms with Gasteiger partial charge in [-0.2, -0.15) is 0 Å². The van der Waals surface area contributed by atoms with Gasteiger partial charge in [0.25, 0.3) is 15.9 Å². The van der Waals surface area contributed by atoms with Crippen LogP contribution in [0.2, 0.25) is 0 Å². The molecule has 0 saturated heterocycles. The van der Waals surface area contributed by atoms with Gasteiger partial charge in [0.15, 0.2) is 11.5 Å². The second kappa shape index (κ2) is 9.95. The van der Waals surface area contributed by atoms with Crippen molar-refractivity contribution < 1.29 is 22.7 Å². The zero-order valence-electron chi connectivity index (χ0n) is 19.4. The Morgan fingerprint density at radius 1 is 0.848 bits per heavy atom. The first-order valence-corrected chi connectivity index (χ1v) is 11.8. The quantitative estimate of drug-likeness (QED) is 0.512.